The summed E-state index contributed by atoms with van der Waals surface area (Å²) in [5, 5.41) is 76.3. The Bertz CT molecular complexity index is 1980. The van der Waals surface area contributed by atoms with E-state index < -0.39 is 98.3 Å². The number of ether oxygens (including phenoxy) is 6. The van der Waals surface area contributed by atoms with E-state index in [4.69, 9.17) is 28.4 Å². The van der Waals surface area contributed by atoms with Gasteiger partial charge in [-0.1, -0.05) is 91.7 Å². The summed E-state index contributed by atoms with van der Waals surface area (Å²) in [7, 11) is 0. The van der Waals surface area contributed by atoms with Crippen molar-refractivity contribution in [3.63, 3.8) is 0 Å². The van der Waals surface area contributed by atoms with E-state index in [1.807, 2.05) is 6.92 Å². The van der Waals surface area contributed by atoms with Gasteiger partial charge in [0.1, 0.15) is 36.6 Å². The van der Waals surface area contributed by atoms with Gasteiger partial charge in [-0.25, -0.2) is 9.59 Å². The minimum absolute atomic E-state index is 0.0553. The molecule has 5 fully saturated rings. The highest BCUT2D eigenvalue weighted by molar-refractivity contribution is 9.10. The van der Waals surface area contributed by atoms with Gasteiger partial charge in [-0.15, -0.1) is 0 Å². The molecule has 3 saturated heterocycles. The van der Waals surface area contributed by atoms with Crippen molar-refractivity contribution in [2.75, 3.05) is 59.0 Å². The summed E-state index contributed by atoms with van der Waals surface area (Å²) in [5.41, 5.74) is 2.57. The van der Waals surface area contributed by atoms with Gasteiger partial charge in [0.15, 0.2) is 24.8 Å². The maximum Gasteiger partial charge on any atom is 0.338 e. The molecule has 74 heavy (non-hydrogen) atoms. The van der Waals surface area contributed by atoms with Crippen LogP contribution in [-0.2, 0) is 46.2 Å². The summed E-state index contributed by atoms with van der Waals surface area (Å²) in [6, 6.07) is 14.9. The number of halogens is 1. The minimum Gasteiger partial charge on any atom is -0.479 e. The number of aryl methyl sites for hydroxylation is 1. The number of esters is 1. The number of benzene rings is 2. The van der Waals surface area contributed by atoms with Crippen LogP contribution in [0.4, 0.5) is 0 Å². The standard InChI is InChI=1S/C55H85BrN4O14/c1-3-38-28-36(16-18-39-19-17-37(29-41(39)56)32-60-26-11-22-58-24-23-57-20-10-21-59-25-27-60)31-42(49(38)74-54-48(65)47(64)45(62)34(2)69-54)71-55-51(73-53(68)40-14-8-5-9-15-40)50(46(63)44(33-61)72-55)70-43(52(66)67)30-35-12-6-4-7-13-35/h5,8-9,14-15,17,19,29,34-36,38,42-51,54-55,57-59,61-65H,3-4,6-7,10-13,16,18,20-28,30-33H2,1-2H3,(H,66,67)/t34?,36?,38?,42?,43-,44?,45?,46?,47?,48?,49?,50?,51?,54?,55?/m0/s1. The van der Waals surface area contributed by atoms with Gasteiger partial charge in [-0.05, 0) is 125 Å². The highest BCUT2D eigenvalue weighted by atomic mass is 79.9. The quantitative estimate of drug-likeness (QED) is 0.0961. The molecule has 19 heteroatoms. The lowest BCUT2D eigenvalue weighted by molar-refractivity contribution is -0.350. The molecule has 9 N–H and O–H groups in total. The molecule has 0 radical (unpaired) electrons. The van der Waals surface area contributed by atoms with Crippen LogP contribution in [0.2, 0.25) is 0 Å². The van der Waals surface area contributed by atoms with E-state index in [0.29, 0.717) is 19.3 Å². The van der Waals surface area contributed by atoms with Gasteiger partial charge < -0.3 is 75.0 Å². The van der Waals surface area contributed by atoms with E-state index in [1.165, 1.54) is 5.56 Å². The molecule has 7 rings (SSSR count). The molecule has 18 nitrogen and oxygen atoms in total. The molecule has 2 aliphatic carbocycles. The van der Waals surface area contributed by atoms with Crippen LogP contribution in [-0.4, -0.2) is 186 Å². The number of carbonyl (C=O) groups excluding carboxylic acids is 1. The van der Waals surface area contributed by atoms with Crippen molar-refractivity contribution in [1.29, 1.82) is 0 Å². The molecule has 2 saturated carbocycles. The molecule has 3 aliphatic heterocycles. The number of aliphatic hydroxyl groups is 5. The van der Waals surface area contributed by atoms with E-state index in [2.05, 4.69) is 55.0 Å². The van der Waals surface area contributed by atoms with Crippen molar-refractivity contribution >= 4 is 27.9 Å². The first-order chi connectivity index (χ1) is 35.8. The molecule has 0 aromatic heterocycles. The molecular formula is C55H85BrN4O14. The first-order valence-corrected chi connectivity index (χ1v) is 28.3. The van der Waals surface area contributed by atoms with Gasteiger partial charge in [0, 0.05) is 37.2 Å². The third-order valence-corrected chi connectivity index (χ3v) is 16.6. The Kier molecular flexibility index (Phi) is 23.8. The van der Waals surface area contributed by atoms with Gasteiger partial charge in [-0.3, -0.25) is 4.90 Å². The summed E-state index contributed by atoms with van der Waals surface area (Å²) in [6.07, 6.45) is -6.99. The zero-order valence-electron chi connectivity index (χ0n) is 43.4. The largest absolute Gasteiger partial charge is 0.479 e. The number of carboxylic acid groups (broad SMARTS) is 1. The van der Waals surface area contributed by atoms with Crippen LogP contribution in [0.25, 0.3) is 0 Å². The molecule has 14 unspecified atom stereocenters. The Labute approximate surface area is 445 Å². The molecule has 2 aromatic rings. The zero-order valence-corrected chi connectivity index (χ0v) is 45.0. The topological polar surface area (TPSA) is 250 Å². The van der Waals surface area contributed by atoms with Crippen molar-refractivity contribution in [2.24, 2.45) is 17.8 Å². The number of carboxylic acids is 1. The van der Waals surface area contributed by atoms with Crippen molar-refractivity contribution in [3.8, 4) is 0 Å². The van der Waals surface area contributed by atoms with Gasteiger partial charge in [0.05, 0.1) is 30.5 Å². The average Bonchev–Trinajstić information content (AvgIpc) is 3.40. The average molecular weight is 1110 g/mol. The second-order valence-corrected chi connectivity index (χ2v) is 22.1. The molecule has 0 bridgehead atoms. The third-order valence-electron chi connectivity index (χ3n) is 15.8. The number of aliphatic carboxylic acids is 1. The number of rotatable bonds is 18. The first kappa shape index (κ1) is 59.0. The fraction of sp³-hybridized carbons (Fsp3) is 0.745. The second-order valence-electron chi connectivity index (χ2n) is 21.3. The molecule has 416 valence electrons. The molecule has 15 atom stereocenters. The van der Waals surface area contributed by atoms with Crippen LogP contribution in [0.3, 0.4) is 0 Å². The maximum absolute atomic E-state index is 14.0. The third kappa shape index (κ3) is 16.7. The summed E-state index contributed by atoms with van der Waals surface area (Å²) < 4.78 is 39.5. The van der Waals surface area contributed by atoms with Crippen LogP contribution in [0.1, 0.15) is 112 Å². The molecule has 0 amide bonds. The van der Waals surface area contributed by atoms with E-state index in [9.17, 15) is 40.2 Å². The van der Waals surface area contributed by atoms with E-state index in [0.717, 1.165) is 127 Å². The number of carbonyl (C=O) groups is 2. The lowest BCUT2D eigenvalue weighted by Crippen LogP contribution is -2.64. The molecular weight excluding hydrogens is 1020 g/mol. The number of nitrogens with zero attached hydrogens (tertiary/aromatic N) is 1. The SMILES string of the molecule is CCC1CC(CCc2ccc(CN3CCCNCCNCCCNCC3)cc2Br)CC(OC2OC(CO)C(O)C(O[C@@H](CC3CCCCC3)C(=O)O)C2OC(=O)c2ccccc2)C1OC1OC(C)C(O)C(O)C1O. The predicted molar refractivity (Wildman–Crippen MR) is 279 cm³/mol. The van der Waals surface area contributed by atoms with Gasteiger partial charge in [0.25, 0.3) is 0 Å². The maximum atomic E-state index is 14.0. The van der Waals surface area contributed by atoms with Crippen molar-refractivity contribution in [2.45, 2.75) is 184 Å². The highest BCUT2D eigenvalue weighted by Gasteiger charge is 2.53. The first-order valence-electron chi connectivity index (χ1n) is 27.5. The fourth-order valence-corrected chi connectivity index (χ4v) is 12.1. The van der Waals surface area contributed by atoms with Crippen LogP contribution >= 0.6 is 15.9 Å². The smallest absolute Gasteiger partial charge is 0.338 e. The second kappa shape index (κ2) is 29.9. The number of hydrogen-bond donors (Lipinski definition) is 9. The van der Waals surface area contributed by atoms with Crippen molar-refractivity contribution in [1.82, 2.24) is 20.9 Å². The van der Waals surface area contributed by atoms with Crippen molar-refractivity contribution < 1.29 is 68.6 Å². The molecule has 3 heterocycles. The van der Waals surface area contributed by atoms with Crippen molar-refractivity contribution in [3.05, 3.63) is 69.7 Å². The van der Waals surface area contributed by atoms with Gasteiger partial charge in [-0.2, -0.15) is 0 Å². The van der Waals surface area contributed by atoms with Crippen LogP contribution in [0.5, 0.6) is 0 Å². The van der Waals surface area contributed by atoms with Gasteiger partial charge in [0.2, 0.25) is 0 Å². The Morgan fingerprint density at radius 2 is 1.50 bits per heavy atom. The number of nitrogens with one attached hydrogen (secondary N) is 3. The van der Waals surface area contributed by atoms with E-state index in [1.54, 1.807) is 37.3 Å². The van der Waals surface area contributed by atoms with Crippen LogP contribution in [0.15, 0.2) is 53.0 Å². The summed E-state index contributed by atoms with van der Waals surface area (Å²) in [4.78, 5) is 29.4. The Balaban J connectivity index is 1.13. The monoisotopic (exact) mass is 1100 g/mol. The van der Waals surface area contributed by atoms with E-state index in [-0.39, 0.29) is 29.7 Å². The minimum atomic E-state index is -1.62. The number of hydrogen-bond acceptors (Lipinski definition) is 17. The summed E-state index contributed by atoms with van der Waals surface area (Å²) >= 11 is 3.91. The lowest BCUT2D eigenvalue weighted by Gasteiger charge is -2.49. The predicted octanol–water partition coefficient (Wildman–Crippen LogP) is 3.89. The normalized spacial score (nSPS) is 34.1. The lowest BCUT2D eigenvalue weighted by atomic mass is 9.74. The Hall–Kier alpha value is -2.70. The molecule has 0 spiro atoms. The van der Waals surface area contributed by atoms with Crippen LogP contribution < -0.4 is 16.0 Å². The number of aliphatic hydroxyl groups excluding tert-OH is 5. The van der Waals surface area contributed by atoms with E-state index >= 15 is 0 Å². The summed E-state index contributed by atoms with van der Waals surface area (Å²) in [6.45, 7) is 11.5. The highest BCUT2D eigenvalue weighted by Crippen LogP contribution is 2.42. The zero-order chi connectivity index (χ0) is 52.6. The Morgan fingerprint density at radius 1 is 0.770 bits per heavy atom. The van der Waals surface area contributed by atoms with Crippen LogP contribution in [0, 0.1) is 17.8 Å². The molecule has 2 aromatic carbocycles. The Morgan fingerprint density at radius 3 is 2.20 bits per heavy atom. The van der Waals surface area contributed by atoms with Gasteiger partial charge >= 0.3 is 11.9 Å². The molecule has 5 aliphatic rings. The summed E-state index contributed by atoms with van der Waals surface area (Å²) in [5.74, 6) is -2.08. The fourth-order valence-electron chi connectivity index (χ4n) is 11.5.